The van der Waals surface area contributed by atoms with Gasteiger partial charge in [0.1, 0.15) is 16.5 Å². The molecular weight excluding hydrogens is 314 g/mol. The van der Waals surface area contributed by atoms with Crippen molar-refractivity contribution in [3.8, 4) is 11.5 Å². The minimum absolute atomic E-state index is 0.107. The van der Waals surface area contributed by atoms with Crippen LogP contribution in [0.2, 0.25) is 5.02 Å². The summed E-state index contributed by atoms with van der Waals surface area (Å²) in [5, 5.41) is 0.529. The molecule has 0 saturated carbocycles. The van der Waals surface area contributed by atoms with Crippen LogP contribution in [0.15, 0.2) is 12.1 Å². The predicted octanol–water partition coefficient (Wildman–Crippen LogP) is 3.74. The Labute approximate surface area is 103 Å². The SMILES string of the molecule is COc1cc(I)cc(OC(C)C)c1Cl. The van der Waals surface area contributed by atoms with E-state index in [1.165, 1.54) is 0 Å². The smallest absolute Gasteiger partial charge is 0.143 e. The molecule has 0 atom stereocenters. The van der Waals surface area contributed by atoms with Crippen molar-refractivity contribution in [3.63, 3.8) is 0 Å². The average molecular weight is 327 g/mol. The van der Waals surface area contributed by atoms with Crippen molar-refractivity contribution in [3.05, 3.63) is 20.7 Å². The van der Waals surface area contributed by atoms with Crippen molar-refractivity contribution >= 4 is 34.2 Å². The van der Waals surface area contributed by atoms with Gasteiger partial charge in [0.2, 0.25) is 0 Å². The summed E-state index contributed by atoms with van der Waals surface area (Å²) in [6.07, 6.45) is 0.107. The number of methoxy groups -OCH3 is 1. The van der Waals surface area contributed by atoms with E-state index in [4.69, 9.17) is 21.1 Å². The molecule has 1 aromatic rings. The zero-order chi connectivity index (χ0) is 10.7. The molecule has 0 aliphatic heterocycles. The van der Waals surface area contributed by atoms with Gasteiger partial charge >= 0.3 is 0 Å². The van der Waals surface area contributed by atoms with Crippen LogP contribution in [0, 0.1) is 3.57 Å². The fourth-order valence-electron chi connectivity index (χ4n) is 1.03. The predicted molar refractivity (Wildman–Crippen MR) is 66.5 cm³/mol. The van der Waals surface area contributed by atoms with E-state index in [0.29, 0.717) is 16.5 Å². The van der Waals surface area contributed by atoms with Crippen LogP contribution >= 0.6 is 34.2 Å². The first-order valence-electron chi connectivity index (χ1n) is 4.24. The normalized spacial score (nSPS) is 10.4. The van der Waals surface area contributed by atoms with Crippen molar-refractivity contribution in [1.82, 2.24) is 0 Å². The molecule has 0 heterocycles. The minimum atomic E-state index is 0.107. The molecule has 78 valence electrons. The summed E-state index contributed by atoms with van der Waals surface area (Å²) < 4.78 is 11.7. The van der Waals surface area contributed by atoms with Gasteiger partial charge in [-0.05, 0) is 48.6 Å². The van der Waals surface area contributed by atoms with Gasteiger partial charge in [-0.3, -0.25) is 0 Å². The van der Waals surface area contributed by atoms with Crippen molar-refractivity contribution in [1.29, 1.82) is 0 Å². The van der Waals surface area contributed by atoms with E-state index < -0.39 is 0 Å². The molecule has 0 spiro atoms. The molecule has 0 aromatic heterocycles. The lowest BCUT2D eigenvalue weighted by molar-refractivity contribution is 0.241. The number of ether oxygens (including phenoxy) is 2. The van der Waals surface area contributed by atoms with E-state index in [1.807, 2.05) is 26.0 Å². The monoisotopic (exact) mass is 326 g/mol. The maximum absolute atomic E-state index is 6.07. The number of hydrogen-bond acceptors (Lipinski definition) is 2. The molecule has 1 aromatic carbocycles. The van der Waals surface area contributed by atoms with Gasteiger partial charge in [0.05, 0.1) is 13.2 Å². The largest absolute Gasteiger partial charge is 0.495 e. The van der Waals surface area contributed by atoms with Gasteiger partial charge in [-0.15, -0.1) is 0 Å². The third-order valence-electron chi connectivity index (χ3n) is 1.55. The molecule has 0 bridgehead atoms. The Morgan fingerprint density at radius 3 is 2.36 bits per heavy atom. The third kappa shape index (κ3) is 2.92. The van der Waals surface area contributed by atoms with E-state index in [9.17, 15) is 0 Å². The van der Waals surface area contributed by atoms with Gasteiger partial charge in [-0.2, -0.15) is 0 Å². The molecule has 0 aliphatic rings. The number of hydrogen-bond donors (Lipinski definition) is 0. The number of rotatable bonds is 3. The summed E-state index contributed by atoms with van der Waals surface area (Å²) in [4.78, 5) is 0. The fourth-order valence-corrected chi connectivity index (χ4v) is 1.82. The summed E-state index contributed by atoms with van der Waals surface area (Å²) in [5.41, 5.74) is 0. The molecular formula is C10H12ClIO2. The first-order chi connectivity index (χ1) is 6.54. The Morgan fingerprint density at radius 1 is 1.29 bits per heavy atom. The standard InChI is InChI=1S/C10H12ClIO2/c1-6(2)14-9-5-7(12)4-8(13-3)10(9)11/h4-6H,1-3H3. The highest BCUT2D eigenvalue weighted by atomic mass is 127. The second-order valence-electron chi connectivity index (χ2n) is 3.09. The fraction of sp³-hybridized carbons (Fsp3) is 0.400. The van der Waals surface area contributed by atoms with Crippen molar-refractivity contribution < 1.29 is 9.47 Å². The highest BCUT2D eigenvalue weighted by molar-refractivity contribution is 14.1. The van der Waals surface area contributed by atoms with Gasteiger partial charge in [0, 0.05) is 3.57 Å². The Balaban J connectivity index is 3.08. The first-order valence-corrected chi connectivity index (χ1v) is 5.70. The summed E-state index contributed by atoms with van der Waals surface area (Å²) in [5.74, 6) is 1.32. The van der Waals surface area contributed by atoms with E-state index >= 15 is 0 Å². The number of halogens is 2. The van der Waals surface area contributed by atoms with Crippen LogP contribution in [0.25, 0.3) is 0 Å². The van der Waals surface area contributed by atoms with Crippen LogP contribution in [-0.2, 0) is 0 Å². The molecule has 0 fully saturated rings. The van der Waals surface area contributed by atoms with E-state index in [0.717, 1.165) is 3.57 Å². The molecule has 0 aliphatic carbocycles. The molecule has 4 heteroatoms. The van der Waals surface area contributed by atoms with Gasteiger partial charge in [0.25, 0.3) is 0 Å². The van der Waals surface area contributed by atoms with Crippen LogP contribution in [-0.4, -0.2) is 13.2 Å². The molecule has 14 heavy (non-hydrogen) atoms. The number of benzene rings is 1. The van der Waals surface area contributed by atoms with Crippen LogP contribution in [0.3, 0.4) is 0 Å². The molecule has 0 amide bonds. The van der Waals surface area contributed by atoms with E-state index in [-0.39, 0.29) is 6.10 Å². The summed E-state index contributed by atoms with van der Waals surface area (Å²) in [6, 6.07) is 3.77. The molecule has 2 nitrogen and oxygen atoms in total. The van der Waals surface area contributed by atoms with Gasteiger partial charge in [-0.25, -0.2) is 0 Å². The highest BCUT2D eigenvalue weighted by Gasteiger charge is 2.10. The molecule has 0 saturated heterocycles. The second-order valence-corrected chi connectivity index (χ2v) is 4.71. The maximum Gasteiger partial charge on any atom is 0.143 e. The lowest BCUT2D eigenvalue weighted by atomic mass is 10.3. The zero-order valence-electron chi connectivity index (χ0n) is 8.30. The first kappa shape index (κ1) is 11.9. The molecule has 0 N–H and O–H groups in total. The van der Waals surface area contributed by atoms with Gasteiger partial charge < -0.3 is 9.47 Å². The zero-order valence-corrected chi connectivity index (χ0v) is 11.2. The average Bonchev–Trinajstić information content (AvgIpc) is 2.09. The quantitative estimate of drug-likeness (QED) is 0.788. The highest BCUT2D eigenvalue weighted by Crippen LogP contribution is 2.36. The Morgan fingerprint density at radius 2 is 1.86 bits per heavy atom. The summed E-state index contributed by atoms with van der Waals surface area (Å²) >= 11 is 8.27. The third-order valence-corrected chi connectivity index (χ3v) is 2.55. The Bertz CT molecular complexity index is 326. The van der Waals surface area contributed by atoms with Crippen molar-refractivity contribution in [2.75, 3.05) is 7.11 Å². The molecule has 0 radical (unpaired) electrons. The Hall–Kier alpha value is -0.160. The van der Waals surface area contributed by atoms with Crippen LogP contribution in [0.1, 0.15) is 13.8 Å². The lowest BCUT2D eigenvalue weighted by Gasteiger charge is -2.13. The van der Waals surface area contributed by atoms with Gasteiger partial charge in [0.15, 0.2) is 0 Å². The van der Waals surface area contributed by atoms with Crippen LogP contribution < -0.4 is 9.47 Å². The molecule has 0 unspecified atom stereocenters. The van der Waals surface area contributed by atoms with Crippen molar-refractivity contribution in [2.24, 2.45) is 0 Å². The second kappa shape index (κ2) is 5.07. The van der Waals surface area contributed by atoms with Gasteiger partial charge in [-0.1, -0.05) is 11.6 Å². The minimum Gasteiger partial charge on any atom is -0.495 e. The maximum atomic E-state index is 6.07. The van der Waals surface area contributed by atoms with E-state index in [1.54, 1.807) is 7.11 Å². The topological polar surface area (TPSA) is 18.5 Å². The molecule has 1 rings (SSSR count). The Kier molecular flexibility index (Phi) is 4.31. The van der Waals surface area contributed by atoms with E-state index in [2.05, 4.69) is 22.6 Å². The summed E-state index contributed by atoms with van der Waals surface area (Å²) in [7, 11) is 1.59. The van der Waals surface area contributed by atoms with Crippen LogP contribution in [0.5, 0.6) is 11.5 Å². The summed E-state index contributed by atoms with van der Waals surface area (Å²) in [6.45, 7) is 3.92. The lowest BCUT2D eigenvalue weighted by Crippen LogP contribution is -2.06. The van der Waals surface area contributed by atoms with Crippen molar-refractivity contribution in [2.45, 2.75) is 20.0 Å². The van der Waals surface area contributed by atoms with Crippen LogP contribution in [0.4, 0.5) is 0 Å².